The molecule has 2 unspecified atom stereocenters. The highest BCUT2D eigenvalue weighted by Crippen LogP contribution is 2.25. The first kappa shape index (κ1) is 15.0. The van der Waals surface area contributed by atoms with Crippen LogP contribution >= 0.6 is 0 Å². The van der Waals surface area contributed by atoms with E-state index in [1.54, 1.807) is 0 Å². The van der Waals surface area contributed by atoms with Crippen molar-refractivity contribution in [1.29, 1.82) is 0 Å². The number of hydrogen-bond donors (Lipinski definition) is 3. The third-order valence-corrected chi connectivity index (χ3v) is 4.00. The lowest BCUT2D eigenvalue weighted by atomic mass is 10.0. The summed E-state index contributed by atoms with van der Waals surface area (Å²) >= 11 is 0. The summed E-state index contributed by atoms with van der Waals surface area (Å²) in [4.78, 5) is 8.98. The Kier molecular flexibility index (Phi) is 5.59. The number of anilines is 2. The molecule has 1 fully saturated rings. The van der Waals surface area contributed by atoms with Crippen LogP contribution in [-0.2, 0) is 6.42 Å². The topological polar surface area (TPSA) is 75.9 Å². The molecule has 0 spiro atoms. The predicted octanol–water partition coefficient (Wildman–Crippen LogP) is 3.10. The highest BCUT2D eigenvalue weighted by molar-refractivity contribution is 5.47. The van der Waals surface area contributed by atoms with Crippen LogP contribution in [0.25, 0.3) is 0 Å². The first-order valence-electron chi connectivity index (χ1n) is 7.82. The number of nitrogens with zero attached hydrogens (tertiary/aromatic N) is 2. The standard InChI is InChI=1S/C15H27N5/c1-3-5-13-18-14(10-15(19-13)20-16)17-12-7-4-6-11(2)8-9-12/h10-12H,3-9,16H2,1-2H3,(H2,17,18,19,20). The number of nitrogens with one attached hydrogen (secondary N) is 2. The average molecular weight is 277 g/mol. The predicted molar refractivity (Wildman–Crippen MR) is 83.5 cm³/mol. The molecule has 0 bridgehead atoms. The first-order chi connectivity index (χ1) is 9.71. The lowest BCUT2D eigenvalue weighted by Crippen LogP contribution is -2.20. The molecular weight excluding hydrogens is 250 g/mol. The van der Waals surface area contributed by atoms with Crippen molar-refractivity contribution in [3.05, 3.63) is 11.9 Å². The number of aromatic nitrogens is 2. The van der Waals surface area contributed by atoms with Crippen LogP contribution in [0.4, 0.5) is 11.6 Å². The van der Waals surface area contributed by atoms with Crippen molar-refractivity contribution in [2.45, 2.75) is 64.8 Å². The SMILES string of the molecule is CCCc1nc(NN)cc(NC2CCCC(C)CC2)n1. The Bertz CT molecular complexity index is 421. The summed E-state index contributed by atoms with van der Waals surface area (Å²) in [5, 5.41) is 3.57. The normalized spacial score (nSPS) is 23.1. The van der Waals surface area contributed by atoms with Crippen molar-refractivity contribution < 1.29 is 0 Å². The van der Waals surface area contributed by atoms with Gasteiger partial charge in [0.25, 0.3) is 0 Å². The number of hydrazine groups is 1. The van der Waals surface area contributed by atoms with Gasteiger partial charge in [0, 0.05) is 18.5 Å². The minimum atomic E-state index is 0.523. The maximum absolute atomic E-state index is 5.49. The number of rotatable bonds is 5. The van der Waals surface area contributed by atoms with E-state index >= 15 is 0 Å². The summed E-state index contributed by atoms with van der Waals surface area (Å²) < 4.78 is 0. The van der Waals surface area contributed by atoms with Crippen molar-refractivity contribution in [2.24, 2.45) is 11.8 Å². The van der Waals surface area contributed by atoms with Gasteiger partial charge in [-0.2, -0.15) is 0 Å². The van der Waals surface area contributed by atoms with E-state index in [9.17, 15) is 0 Å². The van der Waals surface area contributed by atoms with E-state index in [-0.39, 0.29) is 0 Å². The van der Waals surface area contributed by atoms with Gasteiger partial charge in [0.2, 0.25) is 0 Å². The third-order valence-electron chi connectivity index (χ3n) is 4.00. The molecule has 0 saturated heterocycles. The molecule has 1 aliphatic rings. The fourth-order valence-corrected chi connectivity index (χ4v) is 2.82. The maximum atomic E-state index is 5.49. The molecule has 1 aromatic rings. The van der Waals surface area contributed by atoms with Gasteiger partial charge in [0.05, 0.1) is 0 Å². The molecule has 1 aliphatic carbocycles. The lowest BCUT2D eigenvalue weighted by molar-refractivity contribution is 0.502. The third kappa shape index (κ3) is 4.34. The first-order valence-corrected chi connectivity index (χ1v) is 7.82. The second-order valence-electron chi connectivity index (χ2n) is 5.90. The van der Waals surface area contributed by atoms with Gasteiger partial charge in [-0.05, 0) is 31.6 Å². The van der Waals surface area contributed by atoms with Crippen LogP contribution in [0.5, 0.6) is 0 Å². The molecule has 0 radical (unpaired) electrons. The summed E-state index contributed by atoms with van der Waals surface area (Å²) in [6.07, 6.45) is 8.31. The van der Waals surface area contributed by atoms with Gasteiger partial charge in [0.15, 0.2) is 0 Å². The summed E-state index contributed by atoms with van der Waals surface area (Å²) in [5.74, 6) is 8.78. The summed E-state index contributed by atoms with van der Waals surface area (Å²) in [7, 11) is 0. The molecule has 0 amide bonds. The van der Waals surface area contributed by atoms with E-state index in [4.69, 9.17) is 5.84 Å². The summed E-state index contributed by atoms with van der Waals surface area (Å²) in [6.45, 7) is 4.48. The molecule has 5 heteroatoms. The maximum Gasteiger partial charge on any atom is 0.145 e. The van der Waals surface area contributed by atoms with Gasteiger partial charge >= 0.3 is 0 Å². The molecule has 1 heterocycles. The van der Waals surface area contributed by atoms with E-state index in [1.807, 2.05) is 6.07 Å². The molecule has 4 N–H and O–H groups in total. The van der Waals surface area contributed by atoms with Gasteiger partial charge in [-0.3, -0.25) is 0 Å². The van der Waals surface area contributed by atoms with Crippen LogP contribution < -0.4 is 16.6 Å². The Morgan fingerprint density at radius 2 is 2.00 bits per heavy atom. The van der Waals surface area contributed by atoms with Gasteiger partial charge in [-0.25, -0.2) is 15.8 Å². The quantitative estimate of drug-likeness (QED) is 0.438. The van der Waals surface area contributed by atoms with Gasteiger partial charge in [0.1, 0.15) is 17.5 Å². The highest BCUT2D eigenvalue weighted by Gasteiger charge is 2.16. The Labute approximate surface area is 121 Å². The number of hydrogen-bond acceptors (Lipinski definition) is 5. The fraction of sp³-hybridized carbons (Fsp3) is 0.733. The van der Waals surface area contributed by atoms with Gasteiger partial charge < -0.3 is 10.7 Å². The zero-order valence-corrected chi connectivity index (χ0v) is 12.7. The molecular formula is C15H27N5. The van der Waals surface area contributed by atoms with E-state index in [0.717, 1.165) is 30.4 Å². The Hall–Kier alpha value is -1.36. The van der Waals surface area contributed by atoms with Crippen LogP contribution in [0.3, 0.4) is 0 Å². The molecule has 5 nitrogen and oxygen atoms in total. The molecule has 2 rings (SSSR count). The minimum Gasteiger partial charge on any atom is -0.367 e. The zero-order chi connectivity index (χ0) is 14.4. The molecule has 0 aliphatic heterocycles. The average Bonchev–Trinajstić information content (AvgIpc) is 2.64. The number of nitrogens with two attached hydrogens (primary N) is 1. The fourth-order valence-electron chi connectivity index (χ4n) is 2.82. The van der Waals surface area contributed by atoms with E-state index in [2.05, 4.69) is 34.6 Å². The Morgan fingerprint density at radius 1 is 1.20 bits per heavy atom. The van der Waals surface area contributed by atoms with Gasteiger partial charge in [-0.1, -0.05) is 26.7 Å². The second kappa shape index (κ2) is 7.43. The molecule has 0 aromatic carbocycles. The monoisotopic (exact) mass is 277 g/mol. The van der Waals surface area contributed by atoms with Crippen LogP contribution in [0.15, 0.2) is 6.07 Å². The molecule has 2 atom stereocenters. The van der Waals surface area contributed by atoms with E-state index in [0.29, 0.717) is 11.9 Å². The van der Waals surface area contributed by atoms with Crippen LogP contribution in [0.1, 0.15) is 58.2 Å². The van der Waals surface area contributed by atoms with Crippen molar-refractivity contribution in [3.63, 3.8) is 0 Å². The Balaban J connectivity index is 2.05. The number of nitrogen functional groups attached to an aromatic ring is 1. The van der Waals surface area contributed by atoms with Crippen LogP contribution in [0, 0.1) is 5.92 Å². The second-order valence-corrected chi connectivity index (χ2v) is 5.90. The van der Waals surface area contributed by atoms with Crippen molar-refractivity contribution in [2.75, 3.05) is 10.7 Å². The summed E-state index contributed by atoms with van der Waals surface area (Å²) in [5.41, 5.74) is 2.63. The van der Waals surface area contributed by atoms with Crippen molar-refractivity contribution in [1.82, 2.24) is 9.97 Å². The van der Waals surface area contributed by atoms with Crippen molar-refractivity contribution >= 4 is 11.6 Å². The summed E-state index contributed by atoms with van der Waals surface area (Å²) in [6, 6.07) is 2.42. The zero-order valence-electron chi connectivity index (χ0n) is 12.7. The lowest BCUT2D eigenvalue weighted by Gasteiger charge is -2.18. The molecule has 20 heavy (non-hydrogen) atoms. The van der Waals surface area contributed by atoms with Crippen molar-refractivity contribution in [3.8, 4) is 0 Å². The molecule has 1 saturated carbocycles. The minimum absolute atomic E-state index is 0.523. The van der Waals surface area contributed by atoms with Crippen LogP contribution in [-0.4, -0.2) is 16.0 Å². The van der Waals surface area contributed by atoms with E-state index < -0.39 is 0 Å². The van der Waals surface area contributed by atoms with Crippen LogP contribution in [0.2, 0.25) is 0 Å². The molecule has 1 aromatic heterocycles. The highest BCUT2D eigenvalue weighted by atomic mass is 15.3. The largest absolute Gasteiger partial charge is 0.367 e. The smallest absolute Gasteiger partial charge is 0.145 e. The van der Waals surface area contributed by atoms with E-state index in [1.165, 1.54) is 32.1 Å². The number of aryl methyl sites for hydroxylation is 1. The molecule has 112 valence electrons. The van der Waals surface area contributed by atoms with Gasteiger partial charge in [-0.15, -0.1) is 0 Å². The Morgan fingerprint density at radius 3 is 2.75 bits per heavy atom.